The highest BCUT2D eigenvalue weighted by Crippen LogP contribution is 2.19. The number of nitrogens with one attached hydrogen (secondary N) is 1. The van der Waals surface area contributed by atoms with Gasteiger partial charge in [-0.05, 0) is 26.3 Å². The van der Waals surface area contributed by atoms with Gasteiger partial charge in [0.25, 0.3) is 0 Å². The second-order valence-electron chi connectivity index (χ2n) is 5.40. The highest BCUT2D eigenvalue weighted by atomic mass is 16.5. The van der Waals surface area contributed by atoms with Crippen molar-refractivity contribution >= 4 is 5.91 Å². The molecule has 0 aliphatic rings. The summed E-state index contributed by atoms with van der Waals surface area (Å²) < 4.78 is 5.03. The van der Waals surface area contributed by atoms with Crippen LogP contribution < -0.4 is 5.32 Å². The monoisotopic (exact) mass is 288 g/mol. The number of hydrogen-bond donors (Lipinski definition) is 2. The highest BCUT2D eigenvalue weighted by molar-refractivity contribution is 5.79. The quantitative estimate of drug-likeness (QED) is 0.880. The number of aromatic nitrogens is 1. The van der Waals surface area contributed by atoms with Gasteiger partial charge in [-0.1, -0.05) is 35.5 Å². The van der Waals surface area contributed by atoms with Crippen LogP contribution in [-0.4, -0.2) is 22.7 Å². The third-order valence-corrected chi connectivity index (χ3v) is 3.54. The molecule has 112 valence electrons. The van der Waals surface area contributed by atoms with Crippen molar-refractivity contribution in [3.8, 4) is 0 Å². The van der Waals surface area contributed by atoms with Crippen molar-refractivity contribution in [2.45, 2.75) is 32.8 Å². The van der Waals surface area contributed by atoms with Gasteiger partial charge in [0.2, 0.25) is 5.91 Å². The number of aliphatic hydroxyl groups is 1. The average Bonchev–Trinajstić information content (AvgIpc) is 2.78. The Labute approximate surface area is 124 Å². The van der Waals surface area contributed by atoms with Crippen LogP contribution >= 0.6 is 0 Å². The molecule has 1 unspecified atom stereocenters. The molecule has 0 saturated heterocycles. The van der Waals surface area contributed by atoms with E-state index in [0.717, 1.165) is 16.8 Å². The zero-order chi connectivity index (χ0) is 15.5. The Morgan fingerprint density at radius 2 is 2.00 bits per heavy atom. The maximum atomic E-state index is 12.0. The molecule has 0 fully saturated rings. The molecular formula is C16H20N2O3. The van der Waals surface area contributed by atoms with Gasteiger partial charge >= 0.3 is 0 Å². The van der Waals surface area contributed by atoms with Gasteiger partial charge in [0.15, 0.2) is 0 Å². The second-order valence-corrected chi connectivity index (χ2v) is 5.40. The third kappa shape index (κ3) is 3.70. The predicted octanol–water partition coefficient (Wildman–Crippen LogP) is 1.86. The van der Waals surface area contributed by atoms with E-state index in [0.29, 0.717) is 5.76 Å². The van der Waals surface area contributed by atoms with Crippen LogP contribution in [0.2, 0.25) is 0 Å². The normalized spacial score (nSPS) is 13.7. The van der Waals surface area contributed by atoms with Gasteiger partial charge in [-0.25, -0.2) is 0 Å². The van der Waals surface area contributed by atoms with E-state index in [-0.39, 0.29) is 18.9 Å². The molecule has 1 aromatic carbocycles. The fourth-order valence-corrected chi connectivity index (χ4v) is 2.15. The number of amides is 1. The molecule has 0 bridgehead atoms. The Morgan fingerprint density at radius 3 is 2.57 bits per heavy atom. The van der Waals surface area contributed by atoms with Crippen LogP contribution in [0.1, 0.15) is 29.5 Å². The van der Waals surface area contributed by atoms with Gasteiger partial charge in [-0.2, -0.15) is 0 Å². The zero-order valence-corrected chi connectivity index (χ0v) is 12.5. The summed E-state index contributed by atoms with van der Waals surface area (Å²) in [5, 5.41) is 17.0. The number of hydrogen-bond acceptors (Lipinski definition) is 4. The molecule has 0 aliphatic heterocycles. The van der Waals surface area contributed by atoms with Crippen molar-refractivity contribution in [3.63, 3.8) is 0 Å². The van der Waals surface area contributed by atoms with Crippen LogP contribution in [0.15, 0.2) is 34.9 Å². The van der Waals surface area contributed by atoms with Crippen molar-refractivity contribution in [1.82, 2.24) is 10.5 Å². The number of aryl methyl sites for hydroxylation is 2. The maximum Gasteiger partial charge on any atom is 0.224 e. The van der Waals surface area contributed by atoms with Crippen LogP contribution in [0.25, 0.3) is 0 Å². The molecule has 2 aromatic rings. The van der Waals surface area contributed by atoms with E-state index in [9.17, 15) is 9.90 Å². The second kappa shape index (κ2) is 6.10. The number of nitrogens with zero attached hydrogens (tertiary/aromatic N) is 1. The average molecular weight is 288 g/mol. The molecule has 21 heavy (non-hydrogen) atoms. The summed E-state index contributed by atoms with van der Waals surface area (Å²) in [6.45, 7) is 5.42. The van der Waals surface area contributed by atoms with Crippen LogP contribution in [0.3, 0.4) is 0 Å². The fraction of sp³-hybridized carbons (Fsp3) is 0.375. The molecule has 0 radical (unpaired) electrons. The number of carbonyl (C=O) groups excluding carboxylic acids is 1. The molecule has 5 nitrogen and oxygen atoms in total. The summed E-state index contributed by atoms with van der Waals surface area (Å²) in [4.78, 5) is 12.0. The fourth-order valence-electron chi connectivity index (χ4n) is 2.15. The predicted molar refractivity (Wildman–Crippen MR) is 78.7 cm³/mol. The van der Waals surface area contributed by atoms with E-state index in [1.54, 1.807) is 20.8 Å². The van der Waals surface area contributed by atoms with E-state index in [4.69, 9.17) is 4.52 Å². The van der Waals surface area contributed by atoms with Crippen LogP contribution in [0, 0.1) is 13.8 Å². The van der Waals surface area contributed by atoms with Gasteiger partial charge in [-0.3, -0.25) is 4.79 Å². The minimum atomic E-state index is -1.10. The summed E-state index contributed by atoms with van der Waals surface area (Å²) in [7, 11) is 0. The smallest absolute Gasteiger partial charge is 0.224 e. The van der Waals surface area contributed by atoms with E-state index in [2.05, 4.69) is 10.5 Å². The Hall–Kier alpha value is -2.14. The molecule has 1 atom stereocenters. The molecule has 2 rings (SSSR count). The van der Waals surface area contributed by atoms with E-state index < -0.39 is 5.60 Å². The maximum absolute atomic E-state index is 12.0. The van der Waals surface area contributed by atoms with Crippen molar-refractivity contribution in [2.24, 2.45) is 0 Å². The molecule has 1 heterocycles. The SMILES string of the molecule is Cc1noc(C)c1CC(=O)NCC(C)(O)c1ccccc1. The zero-order valence-electron chi connectivity index (χ0n) is 12.5. The van der Waals surface area contributed by atoms with Crippen molar-refractivity contribution in [3.05, 3.63) is 52.9 Å². The van der Waals surface area contributed by atoms with Gasteiger partial charge in [0.05, 0.1) is 18.7 Å². The number of carbonyl (C=O) groups is 1. The first-order valence-electron chi connectivity index (χ1n) is 6.86. The minimum absolute atomic E-state index is 0.152. The lowest BCUT2D eigenvalue weighted by Crippen LogP contribution is -2.39. The Morgan fingerprint density at radius 1 is 1.33 bits per heavy atom. The lowest BCUT2D eigenvalue weighted by molar-refractivity contribution is -0.121. The van der Waals surface area contributed by atoms with Crippen LogP contribution in [0.5, 0.6) is 0 Å². The molecule has 0 saturated carbocycles. The molecular weight excluding hydrogens is 268 g/mol. The first-order chi connectivity index (χ1) is 9.90. The van der Waals surface area contributed by atoms with E-state index >= 15 is 0 Å². The number of rotatable bonds is 5. The highest BCUT2D eigenvalue weighted by Gasteiger charge is 2.24. The Kier molecular flexibility index (Phi) is 4.43. The first-order valence-corrected chi connectivity index (χ1v) is 6.86. The summed E-state index contributed by atoms with van der Waals surface area (Å²) in [6, 6.07) is 9.27. The minimum Gasteiger partial charge on any atom is -0.384 e. The lowest BCUT2D eigenvalue weighted by atomic mass is 9.96. The van der Waals surface area contributed by atoms with Crippen LogP contribution in [0.4, 0.5) is 0 Å². The summed E-state index contributed by atoms with van der Waals surface area (Å²) >= 11 is 0. The van der Waals surface area contributed by atoms with E-state index in [1.807, 2.05) is 30.3 Å². The van der Waals surface area contributed by atoms with Gasteiger partial charge < -0.3 is 14.9 Å². The molecule has 2 N–H and O–H groups in total. The summed E-state index contributed by atoms with van der Waals surface area (Å²) in [6.07, 6.45) is 0.200. The number of benzene rings is 1. The van der Waals surface area contributed by atoms with Gasteiger partial charge in [0, 0.05) is 5.56 Å². The molecule has 5 heteroatoms. The third-order valence-electron chi connectivity index (χ3n) is 3.54. The largest absolute Gasteiger partial charge is 0.384 e. The molecule has 1 aromatic heterocycles. The Bertz CT molecular complexity index is 598. The van der Waals surface area contributed by atoms with Crippen molar-refractivity contribution in [1.29, 1.82) is 0 Å². The first kappa shape index (κ1) is 15.3. The van der Waals surface area contributed by atoms with E-state index in [1.165, 1.54) is 0 Å². The standard InChI is InChI=1S/C16H20N2O3/c1-11-14(12(2)21-18-11)9-15(19)17-10-16(3,20)13-7-5-4-6-8-13/h4-8,20H,9-10H2,1-3H3,(H,17,19). The molecule has 1 amide bonds. The Balaban J connectivity index is 1.95. The lowest BCUT2D eigenvalue weighted by Gasteiger charge is -2.24. The van der Waals surface area contributed by atoms with Crippen LogP contribution in [-0.2, 0) is 16.8 Å². The summed E-state index contributed by atoms with van der Waals surface area (Å²) in [5.41, 5.74) is 1.18. The molecule has 0 spiro atoms. The van der Waals surface area contributed by atoms with Gasteiger partial charge in [0.1, 0.15) is 11.4 Å². The molecule has 0 aliphatic carbocycles. The summed E-state index contributed by atoms with van der Waals surface area (Å²) in [5.74, 6) is 0.484. The van der Waals surface area contributed by atoms with Crippen molar-refractivity contribution in [2.75, 3.05) is 6.54 Å². The van der Waals surface area contributed by atoms with Crippen molar-refractivity contribution < 1.29 is 14.4 Å². The topological polar surface area (TPSA) is 75.4 Å². The van der Waals surface area contributed by atoms with Gasteiger partial charge in [-0.15, -0.1) is 0 Å².